The van der Waals surface area contributed by atoms with Crippen molar-refractivity contribution in [2.45, 2.75) is 32.1 Å². The summed E-state index contributed by atoms with van der Waals surface area (Å²) in [5.41, 5.74) is 2.79. The summed E-state index contributed by atoms with van der Waals surface area (Å²) >= 11 is 0. The Bertz CT molecular complexity index is 1250. The molecule has 33 heavy (non-hydrogen) atoms. The Hall–Kier alpha value is -3.58. The first-order chi connectivity index (χ1) is 15.8. The Morgan fingerprint density at radius 1 is 1.15 bits per heavy atom. The Kier molecular flexibility index (Phi) is 4.83. The van der Waals surface area contributed by atoms with E-state index in [0.717, 1.165) is 5.57 Å². The van der Waals surface area contributed by atoms with Crippen molar-refractivity contribution in [3.63, 3.8) is 0 Å². The third-order valence-corrected chi connectivity index (χ3v) is 7.36. The maximum atomic E-state index is 13.2. The molecule has 1 aromatic carbocycles. The Morgan fingerprint density at radius 3 is 2.64 bits per heavy atom. The number of ketones is 2. The number of carbonyl (C=O) groups excluding carboxylic acids is 4. The molecule has 0 saturated carbocycles. The number of amides is 2. The Morgan fingerprint density at radius 2 is 1.91 bits per heavy atom. The molecule has 0 aromatic heterocycles. The van der Waals surface area contributed by atoms with E-state index < -0.39 is 35.5 Å². The van der Waals surface area contributed by atoms with Gasteiger partial charge in [0.2, 0.25) is 0 Å². The van der Waals surface area contributed by atoms with Crippen LogP contribution in [0.25, 0.3) is 0 Å². The normalized spacial score (nSPS) is 28.8. The molecule has 3 aliphatic carbocycles. The number of rotatable bonds is 3. The Labute approximate surface area is 190 Å². The van der Waals surface area contributed by atoms with Gasteiger partial charge in [-0.25, -0.2) is 0 Å². The molecule has 0 bridgehead atoms. The molecular weight excluding hydrogens is 422 g/mol. The zero-order chi connectivity index (χ0) is 23.6. The van der Waals surface area contributed by atoms with Gasteiger partial charge in [0.15, 0.2) is 11.6 Å². The number of carbonyl (C=O) groups is 4. The van der Waals surface area contributed by atoms with Crippen molar-refractivity contribution in [3.8, 4) is 5.75 Å². The molecular formula is C26H23NO6. The van der Waals surface area contributed by atoms with Crippen LogP contribution in [0.2, 0.25) is 0 Å². The average molecular weight is 445 g/mol. The second-order valence-electron chi connectivity index (χ2n) is 9.06. The predicted octanol–water partition coefficient (Wildman–Crippen LogP) is 2.94. The van der Waals surface area contributed by atoms with Gasteiger partial charge < -0.3 is 5.11 Å². The van der Waals surface area contributed by atoms with Gasteiger partial charge in [0.05, 0.1) is 11.8 Å². The minimum absolute atomic E-state index is 0.0158. The van der Waals surface area contributed by atoms with Crippen molar-refractivity contribution in [1.29, 1.82) is 0 Å². The van der Waals surface area contributed by atoms with Gasteiger partial charge in [-0.15, -0.1) is 6.58 Å². The molecule has 4 atom stereocenters. The zero-order valence-electron chi connectivity index (χ0n) is 18.1. The van der Waals surface area contributed by atoms with Crippen LogP contribution in [0.4, 0.5) is 0 Å². The van der Waals surface area contributed by atoms with Crippen molar-refractivity contribution in [1.82, 2.24) is 5.06 Å². The quantitative estimate of drug-likeness (QED) is 0.320. The summed E-state index contributed by atoms with van der Waals surface area (Å²) in [5.74, 6) is -4.65. The van der Waals surface area contributed by atoms with Crippen LogP contribution in [0.5, 0.6) is 5.75 Å². The largest absolute Gasteiger partial charge is 0.507 e. The monoisotopic (exact) mass is 445 g/mol. The maximum absolute atomic E-state index is 13.2. The van der Waals surface area contributed by atoms with Crippen LogP contribution < -0.4 is 0 Å². The number of benzene rings is 1. The molecule has 168 valence electrons. The minimum Gasteiger partial charge on any atom is -0.507 e. The van der Waals surface area contributed by atoms with Crippen molar-refractivity contribution in [2.75, 3.05) is 0 Å². The number of hydroxylamine groups is 2. The molecule has 4 aliphatic rings. The second-order valence-corrected chi connectivity index (χ2v) is 9.06. The number of aromatic hydroxyl groups is 1. The van der Waals surface area contributed by atoms with Gasteiger partial charge in [-0.1, -0.05) is 35.9 Å². The number of hydrogen-bond acceptors (Lipinski definition) is 6. The van der Waals surface area contributed by atoms with E-state index >= 15 is 0 Å². The highest BCUT2D eigenvalue weighted by Crippen LogP contribution is 2.56. The van der Waals surface area contributed by atoms with E-state index in [9.17, 15) is 29.5 Å². The second kappa shape index (κ2) is 7.49. The first-order valence-corrected chi connectivity index (χ1v) is 10.9. The number of allylic oxidation sites excluding steroid dienone is 7. The smallest absolute Gasteiger partial charge is 0.257 e. The number of nitrogens with zero attached hydrogens (tertiary/aromatic N) is 1. The maximum Gasteiger partial charge on any atom is 0.257 e. The molecule has 1 fully saturated rings. The molecule has 0 radical (unpaired) electrons. The molecule has 0 unspecified atom stereocenters. The van der Waals surface area contributed by atoms with Crippen LogP contribution in [0.15, 0.2) is 65.3 Å². The van der Waals surface area contributed by atoms with E-state index in [2.05, 4.69) is 6.58 Å². The molecule has 2 N–H and O–H groups in total. The molecule has 1 heterocycles. The number of hydrogen-bond donors (Lipinski definition) is 2. The van der Waals surface area contributed by atoms with Crippen LogP contribution in [0.3, 0.4) is 0 Å². The molecule has 7 heteroatoms. The number of phenolic OH excluding ortho intramolecular Hbond substituents is 1. The lowest BCUT2D eigenvalue weighted by Gasteiger charge is -2.42. The number of fused-ring (bicyclic) bond motifs is 3. The van der Waals surface area contributed by atoms with Crippen LogP contribution in [0.1, 0.15) is 36.8 Å². The topological polar surface area (TPSA) is 112 Å². The van der Waals surface area contributed by atoms with Crippen LogP contribution >= 0.6 is 0 Å². The molecule has 2 amide bonds. The fourth-order valence-electron chi connectivity index (χ4n) is 5.89. The SMILES string of the molecule is C=CCc1cccc([C@H]2C3=CC[C@@H]4C(=O)N(O)C(=O)[C@@H]4[C@@H]3CC3=C2C(=O)C=C(C)C3=O)c1O. The van der Waals surface area contributed by atoms with Crippen molar-refractivity contribution in [3.05, 3.63) is 76.4 Å². The van der Waals surface area contributed by atoms with Crippen molar-refractivity contribution >= 4 is 23.4 Å². The van der Waals surface area contributed by atoms with E-state index in [0.29, 0.717) is 34.3 Å². The molecule has 1 saturated heterocycles. The number of Topliss-reactive ketones (excluding diaryl/α,β-unsaturated/α-hetero) is 1. The highest BCUT2D eigenvalue weighted by atomic mass is 16.5. The highest BCUT2D eigenvalue weighted by Gasteiger charge is 2.56. The summed E-state index contributed by atoms with van der Waals surface area (Å²) in [4.78, 5) is 51.6. The van der Waals surface area contributed by atoms with E-state index in [1.54, 1.807) is 31.2 Å². The van der Waals surface area contributed by atoms with Crippen LogP contribution in [0, 0.1) is 17.8 Å². The van der Waals surface area contributed by atoms with E-state index in [1.807, 2.05) is 6.08 Å². The first-order valence-electron chi connectivity index (χ1n) is 10.9. The summed E-state index contributed by atoms with van der Waals surface area (Å²) < 4.78 is 0. The predicted molar refractivity (Wildman–Crippen MR) is 117 cm³/mol. The van der Waals surface area contributed by atoms with Crippen molar-refractivity contribution < 1.29 is 29.5 Å². The van der Waals surface area contributed by atoms with Gasteiger partial charge in [-0.2, -0.15) is 5.06 Å². The summed E-state index contributed by atoms with van der Waals surface area (Å²) in [6.45, 7) is 5.30. The van der Waals surface area contributed by atoms with E-state index in [-0.39, 0.29) is 35.2 Å². The zero-order valence-corrected chi connectivity index (χ0v) is 18.1. The number of para-hydroxylation sites is 1. The molecule has 1 aliphatic heterocycles. The summed E-state index contributed by atoms with van der Waals surface area (Å²) in [7, 11) is 0. The standard InChI is InChI=1S/C26H23NO6/c1-3-5-13-6-4-7-15(24(13)30)20-14-8-9-16-21(26(32)27(33)25(16)31)17(14)11-18-22(20)19(28)10-12(2)23(18)29/h3-4,6-8,10,16-17,20-21,30,33H,1,5,9,11H2,2H3/t16-,17+,20+,21-/m0/s1. The highest BCUT2D eigenvalue weighted by molar-refractivity contribution is 6.23. The third-order valence-electron chi connectivity index (χ3n) is 7.36. The summed E-state index contributed by atoms with van der Waals surface area (Å²) in [6.07, 6.45) is 5.62. The van der Waals surface area contributed by atoms with E-state index in [1.165, 1.54) is 6.08 Å². The summed E-state index contributed by atoms with van der Waals surface area (Å²) in [5, 5.41) is 21.3. The fourth-order valence-corrected chi connectivity index (χ4v) is 5.89. The van der Waals surface area contributed by atoms with Crippen LogP contribution in [-0.2, 0) is 25.6 Å². The molecule has 5 rings (SSSR count). The van der Waals surface area contributed by atoms with Crippen molar-refractivity contribution in [2.24, 2.45) is 17.8 Å². The third kappa shape index (κ3) is 2.92. The molecule has 1 aromatic rings. The van der Waals surface area contributed by atoms with Gasteiger partial charge in [0, 0.05) is 28.2 Å². The van der Waals surface area contributed by atoms with Gasteiger partial charge in [0.25, 0.3) is 11.8 Å². The van der Waals surface area contributed by atoms with Gasteiger partial charge in [-0.05, 0) is 43.7 Å². The van der Waals surface area contributed by atoms with Gasteiger partial charge in [-0.3, -0.25) is 24.4 Å². The average Bonchev–Trinajstić information content (AvgIpc) is 3.02. The number of phenols is 1. The lowest BCUT2D eigenvalue weighted by Crippen LogP contribution is -2.39. The number of imide groups is 1. The van der Waals surface area contributed by atoms with Gasteiger partial charge in [0.1, 0.15) is 5.75 Å². The fraction of sp³-hybridized carbons (Fsp3) is 0.308. The van der Waals surface area contributed by atoms with Crippen LogP contribution in [-0.4, -0.2) is 38.8 Å². The lowest BCUT2D eigenvalue weighted by atomic mass is 9.59. The molecule has 0 spiro atoms. The lowest BCUT2D eigenvalue weighted by molar-refractivity contribution is -0.173. The van der Waals surface area contributed by atoms with Gasteiger partial charge >= 0.3 is 0 Å². The minimum atomic E-state index is -0.813. The van der Waals surface area contributed by atoms with E-state index in [4.69, 9.17) is 0 Å². The molecule has 7 nitrogen and oxygen atoms in total. The Balaban J connectivity index is 1.74. The first kappa shape index (κ1) is 21.3. The summed E-state index contributed by atoms with van der Waals surface area (Å²) in [6, 6.07) is 5.26.